The lowest BCUT2D eigenvalue weighted by molar-refractivity contribution is -0.127. The largest absolute Gasteiger partial charge is 0.494 e. The molecule has 0 radical (unpaired) electrons. The number of hydrogen-bond acceptors (Lipinski definition) is 7. The summed E-state index contributed by atoms with van der Waals surface area (Å²) in [6, 6.07) is 34.9. The number of nitrogens with one attached hydrogen (secondary N) is 1. The predicted molar refractivity (Wildman–Crippen MR) is 170 cm³/mol. The first-order chi connectivity index (χ1) is 21.5. The molecular formula is C36H32N2O6. The number of benzene rings is 5. The van der Waals surface area contributed by atoms with Crippen molar-refractivity contribution in [3.63, 3.8) is 0 Å². The molecule has 222 valence electrons. The molecule has 0 aliphatic carbocycles. The number of carbonyl (C=O) groups is 2. The highest BCUT2D eigenvalue weighted by Gasteiger charge is 2.16. The van der Waals surface area contributed by atoms with Crippen molar-refractivity contribution in [3.05, 3.63) is 132 Å². The van der Waals surface area contributed by atoms with Gasteiger partial charge in [-0.15, -0.1) is 0 Å². The number of esters is 1. The number of nitrogens with zero attached hydrogens (tertiary/aromatic N) is 1. The number of carbonyl (C=O) groups excluding carboxylic acids is 2. The summed E-state index contributed by atoms with van der Waals surface area (Å²) in [6.07, 6.45) is 0.639. The molecule has 0 saturated heterocycles. The highest BCUT2D eigenvalue weighted by atomic mass is 16.5. The highest BCUT2D eigenvalue weighted by molar-refractivity contribution is 6.04. The lowest BCUT2D eigenvalue weighted by atomic mass is 10.0. The van der Waals surface area contributed by atoms with E-state index in [0.29, 0.717) is 47.3 Å². The molecule has 8 heteroatoms. The van der Waals surface area contributed by atoms with Crippen LogP contribution in [0.15, 0.2) is 120 Å². The summed E-state index contributed by atoms with van der Waals surface area (Å²) >= 11 is 0. The van der Waals surface area contributed by atoms with E-state index in [2.05, 4.69) is 10.5 Å². The highest BCUT2D eigenvalue weighted by Crippen LogP contribution is 2.28. The maximum Gasteiger partial charge on any atom is 0.343 e. The molecular weight excluding hydrogens is 556 g/mol. The van der Waals surface area contributed by atoms with Crippen molar-refractivity contribution >= 4 is 28.9 Å². The van der Waals surface area contributed by atoms with Gasteiger partial charge in [0, 0.05) is 5.56 Å². The Hall–Kier alpha value is -5.63. The summed E-state index contributed by atoms with van der Waals surface area (Å²) in [5, 5.41) is 5.89. The molecule has 5 aromatic rings. The predicted octanol–water partition coefficient (Wildman–Crippen LogP) is 6.95. The first-order valence-electron chi connectivity index (χ1n) is 14.2. The summed E-state index contributed by atoms with van der Waals surface area (Å²) in [5.41, 5.74) is 4.51. The number of fused-ring (bicyclic) bond motifs is 1. The zero-order chi connectivity index (χ0) is 30.7. The smallest absolute Gasteiger partial charge is 0.343 e. The second-order valence-electron chi connectivity index (χ2n) is 9.79. The van der Waals surface area contributed by atoms with Crippen molar-refractivity contribution in [2.75, 3.05) is 6.61 Å². The maximum atomic E-state index is 12.9. The van der Waals surface area contributed by atoms with E-state index in [-0.39, 0.29) is 0 Å². The first-order valence-corrected chi connectivity index (χ1v) is 14.2. The fourth-order valence-electron chi connectivity index (χ4n) is 4.37. The minimum Gasteiger partial charge on any atom is -0.494 e. The van der Waals surface area contributed by atoms with Gasteiger partial charge >= 0.3 is 5.97 Å². The van der Waals surface area contributed by atoms with Crippen molar-refractivity contribution < 1.29 is 28.5 Å². The van der Waals surface area contributed by atoms with Crippen LogP contribution in [0, 0.1) is 0 Å². The fourth-order valence-corrected chi connectivity index (χ4v) is 4.37. The van der Waals surface area contributed by atoms with Gasteiger partial charge in [0.2, 0.25) is 0 Å². The van der Waals surface area contributed by atoms with Crippen molar-refractivity contribution in [2.24, 2.45) is 5.10 Å². The van der Waals surface area contributed by atoms with Crippen LogP contribution in [0.4, 0.5) is 0 Å². The van der Waals surface area contributed by atoms with Crippen LogP contribution in [0.5, 0.6) is 23.0 Å². The molecule has 5 aromatic carbocycles. The van der Waals surface area contributed by atoms with E-state index in [1.165, 1.54) is 6.21 Å². The number of ether oxygens (including phenoxy) is 4. The molecule has 0 unspecified atom stereocenters. The molecule has 0 aliphatic heterocycles. The Bertz CT molecular complexity index is 1740. The molecule has 44 heavy (non-hydrogen) atoms. The third-order valence-electron chi connectivity index (χ3n) is 6.66. The number of hydrogen-bond donors (Lipinski definition) is 1. The van der Waals surface area contributed by atoms with Gasteiger partial charge in [-0.2, -0.15) is 5.10 Å². The fraction of sp³-hybridized carbons (Fsp3) is 0.139. The van der Waals surface area contributed by atoms with E-state index in [1.54, 1.807) is 61.5 Å². The van der Waals surface area contributed by atoms with Crippen LogP contribution in [-0.2, 0) is 11.4 Å². The molecule has 0 spiro atoms. The topological polar surface area (TPSA) is 95.5 Å². The average Bonchev–Trinajstić information content (AvgIpc) is 3.06. The zero-order valence-corrected chi connectivity index (χ0v) is 24.4. The molecule has 0 fully saturated rings. The average molecular weight is 589 g/mol. The van der Waals surface area contributed by atoms with Crippen LogP contribution in [0.25, 0.3) is 10.8 Å². The molecule has 5 rings (SSSR count). The standard InChI is InChI=1S/C36H32N2O6/c1-3-41-29-16-13-28(14-17-29)36(40)44-34-22-15-27-11-7-8-12-32(27)33(34)23-37-38-35(39)25(2)43-31-20-18-30(19-21-31)42-24-26-9-5-4-6-10-26/h4-23,25H,3,24H2,1-2H3,(H,38,39)/b37-23-/t25-/m1/s1. The molecule has 0 saturated carbocycles. The Morgan fingerprint density at radius 1 is 0.773 bits per heavy atom. The Kier molecular flexibility index (Phi) is 9.84. The van der Waals surface area contributed by atoms with E-state index in [1.807, 2.05) is 67.6 Å². The number of rotatable bonds is 12. The van der Waals surface area contributed by atoms with Crippen molar-refractivity contribution in [1.82, 2.24) is 5.43 Å². The Labute approximate surface area is 255 Å². The second kappa shape index (κ2) is 14.5. The molecule has 1 N–H and O–H groups in total. The molecule has 1 atom stereocenters. The Balaban J connectivity index is 1.22. The van der Waals surface area contributed by atoms with Crippen molar-refractivity contribution in [2.45, 2.75) is 26.6 Å². The van der Waals surface area contributed by atoms with Gasteiger partial charge in [0.1, 0.15) is 29.6 Å². The quantitative estimate of drug-likeness (QED) is 0.0733. The summed E-state index contributed by atoms with van der Waals surface area (Å²) in [6.45, 7) is 4.51. The molecule has 0 bridgehead atoms. The van der Waals surface area contributed by atoms with Crippen LogP contribution >= 0.6 is 0 Å². The molecule has 0 heterocycles. The van der Waals surface area contributed by atoms with Gasteiger partial charge in [0.25, 0.3) is 5.91 Å². The molecule has 0 aliphatic rings. The van der Waals surface area contributed by atoms with Crippen LogP contribution in [0.1, 0.15) is 35.3 Å². The molecule has 8 nitrogen and oxygen atoms in total. The molecule has 1 amide bonds. The van der Waals surface area contributed by atoms with Gasteiger partial charge < -0.3 is 18.9 Å². The number of hydrazone groups is 1. The second-order valence-corrected chi connectivity index (χ2v) is 9.79. The lowest BCUT2D eigenvalue weighted by Crippen LogP contribution is -2.33. The van der Waals surface area contributed by atoms with E-state index >= 15 is 0 Å². The zero-order valence-electron chi connectivity index (χ0n) is 24.4. The summed E-state index contributed by atoms with van der Waals surface area (Å²) in [5.74, 6) is 1.21. The minimum absolute atomic E-state index is 0.305. The van der Waals surface area contributed by atoms with Gasteiger partial charge in [-0.3, -0.25) is 4.79 Å². The van der Waals surface area contributed by atoms with Crippen LogP contribution in [0.3, 0.4) is 0 Å². The lowest BCUT2D eigenvalue weighted by Gasteiger charge is -2.14. The van der Waals surface area contributed by atoms with E-state index in [4.69, 9.17) is 18.9 Å². The van der Waals surface area contributed by atoms with Gasteiger partial charge in [-0.25, -0.2) is 10.2 Å². The third kappa shape index (κ3) is 7.80. The van der Waals surface area contributed by atoms with Gasteiger partial charge in [0.05, 0.1) is 18.4 Å². The Morgan fingerprint density at radius 2 is 1.43 bits per heavy atom. The number of amides is 1. The maximum absolute atomic E-state index is 12.9. The van der Waals surface area contributed by atoms with Crippen molar-refractivity contribution in [1.29, 1.82) is 0 Å². The summed E-state index contributed by atoms with van der Waals surface area (Å²) < 4.78 is 22.8. The van der Waals surface area contributed by atoms with E-state index in [9.17, 15) is 9.59 Å². The van der Waals surface area contributed by atoms with Crippen LogP contribution < -0.4 is 24.4 Å². The van der Waals surface area contributed by atoms with Gasteiger partial charge in [0.15, 0.2) is 6.10 Å². The first kappa shape index (κ1) is 29.8. The normalized spacial score (nSPS) is 11.6. The summed E-state index contributed by atoms with van der Waals surface area (Å²) in [7, 11) is 0. The SMILES string of the molecule is CCOc1ccc(C(=O)Oc2ccc3ccccc3c2/C=N\NC(=O)[C@@H](C)Oc2ccc(OCc3ccccc3)cc2)cc1. The summed E-state index contributed by atoms with van der Waals surface area (Å²) in [4.78, 5) is 25.7. The third-order valence-corrected chi connectivity index (χ3v) is 6.66. The molecule has 0 aromatic heterocycles. The van der Waals surface area contributed by atoms with Gasteiger partial charge in [-0.05, 0) is 84.8 Å². The Morgan fingerprint density at radius 3 is 2.18 bits per heavy atom. The van der Waals surface area contributed by atoms with Crippen LogP contribution in [0.2, 0.25) is 0 Å². The minimum atomic E-state index is -0.826. The van der Waals surface area contributed by atoms with E-state index in [0.717, 1.165) is 16.3 Å². The monoisotopic (exact) mass is 588 g/mol. The van der Waals surface area contributed by atoms with Gasteiger partial charge in [-0.1, -0.05) is 60.7 Å². The van der Waals surface area contributed by atoms with Crippen molar-refractivity contribution in [3.8, 4) is 23.0 Å². The van der Waals surface area contributed by atoms with Crippen LogP contribution in [-0.4, -0.2) is 30.8 Å². The van der Waals surface area contributed by atoms with E-state index < -0.39 is 18.0 Å².